The van der Waals surface area contributed by atoms with Crippen LogP contribution in [0.25, 0.3) is 0 Å². The molecular weight excluding hydrogens is 291 g/mol. The molecule has 1 saturated heterocycles. The summed E-state index contributed by atoms with van der Waals surface area (Å²) in [6.07, 6.45) is -4.02. The maximum absolute atomic E-state index is 12.7. The quantitative estimate of drug-likeness (QED) is 0.675. The van der Waals surface area contributed by atoms with Crippen LogP contribution in [0.2, 0.25) is 0 Å². The van der Waals surface area contributed by atoms with Crippen molar-refractivity contribution in [2.75, 3.05) is 38.7 Å². The number of anilines is 1. The van der Waals surface area contributed by atoms with E-state index in [2.05, 4.69) is 15.3 Å². The van der Waals surface area contributed by atoms with Gasteiger partial charge in [-0.3, -0.25) is 10.1 Å². The van der Waals surface area contributed by atoms with Crippen LogP contribution < -0.4 is 5.43 Å². The molecule has 0 radical (unpaired) electrons. The highest BCUT2D eigenvalue weighted by Gasteiger charge is 2.34. The Morgan fingerprint density at radius 3 is 2.48 bits per heavy atom. The van der Waals surface area contributed by atoms with Gasteiger partial charge in [0, 0.05) is 32.2 Å². The molecule has 0 bridgehead atoms. The Bertz CT molecular complexity index is 529. The third-order valence-corrected chi connectivity index (χ3v) is 3.15. The Morgan fingerprint density at radius 2 is 1.95 bits per heavy atom. The molecule has 0 spiro atoms. The Labute approximate surface area is 118 Å². The highest BCUT2D eigenvalue weighted by atomic mass is 19.4. The summed E-state index contributed by atoms with van der Waals surface area (Å²) in [5.41, 5.74) is 0.840. The van der Waals surface area contributed by atoms with Crippen molar-refractivity contribution in [3.05, 3.63) is 28.1 Å². The fourth-order valence-corrected chi connectivity index (χ4v) is 1.93. The van der Waals surface area contributed by atoms with Gasteiger partial charge in [-0.1, -0.05) is 0 Å². The van der Waals surface area contributed by atoms with Crippen LogP contribution >= 0.6 is 0 Å². The van der Waals surface area contributed by atoms with E-state index in [4.69, 9.17) is 0 Å². The van der Waals surface area contributed by atoms with Gasteiger partial charge >= 0.3 is 11.9 Å². The SMILES string of the molecule is CN1CCN(Nc2cc(C(F)(F)F)ncc2[N+](=O)[O-])CC1. The minimum Gasteiger partial charge on any atom is -0.313 e. The summed E-state index contributed by atoms with van der Waals surface area (Å²) in [5, 5.41) is 12.5. The molecule has 1 aromatic heterocycles. The van der Waals surface area contributed by atoms with Crippen molar-refractivity contribution in [2.45, 2.75) is 6.18 Å². The number of hydrazine groups is 1. The van der Waals surface area contributed by atoms with E-state index in [9.17, 15) is 23.3 Å². The molecule has 1 aromatic rings. The average molecular weight is 305 g/mol. The third kappa shape index (κ3) is 3.79. The molecule has 1 aliphatic heterocycles. The summed E-state index contributed by atoms with van der Waals surface area (Å²) < 4.78 is 38.0. The number of pyridine rings is 1. The Hall–Kier alpha value is -1.94. The lowest BCUT2D eigenvalue weighted by Crippen LogP contribution is -2.47. The van der Waals surface area contributed by atoms with E-state index in [1.165, 1.54) is 0 Å². The van der Waals surface area contributed by atoms with Gasteiger partial charge in [-0.05, 0) is 7.05 Å². The minimum atomic E-state index is -4.65. The molecule has 116 valence electrons. The van der Waals surface area contributed by atoms with Gasteiger partial charge in [0.05, 0.1) is 4.92 Å². The number of rotatable bonds is 3. The molecular formula is C11H14F3N5O2. The van der Waals surface area contributed by atoms with Gasteiger partial charge < -0.3 is 10.3 Å². The highest BCUT2D eigenvalue weighted by molar-refractivity contribution is 5.60. The lowest BCUT2D eigenvalue weighted by molar-refractivity contribution is -0.384. The minimum absolute atomic E-state index is 0.202. The molecule has 2 heterocycles. The molecule has 0 aromatic carbocycles. The van der Waals surface area contributed by atoms with Crippen LogP contribution in [0.4, 0.5) is 24.5 Å². The first-order valence-corrected chi connectivity index (χ1v) is 6.19. The van der Waals surface area contributed by atoms with E-state index < -0.39 is 22.5 Å². The Balaban J connectivity index is 2.24. The second kappa shape index (κ2) is 5.82. The van der Waals surface area contributed by atoms with Gasteiger partial charge in [0.15, 0.2) is 0 Å². The summed E-state index contributed by atoms with van der Waals surface area (Å²) in [7, 11) is 1.92. The average Bonchev–Trinajstić information content (AvgIpc) is 2.40. The number of hydrogen-bond donors (Lipinski definition) is 1. The maximum atomic E-state index is 12.7. The van der Waals surface area contributed by atoms with E-state index >= 15 is 0 Å². The first-order chi connectivity index (χ1) is 9.77. The van der Waals surface area contributed by atoms with Crippen LogP contribution in [0.15, 0.2) is 12.3 Å². The lowest BCUT2D eigenvalue weighted by Gasteiger charge is -2.32. The third-order valence-electron chi connectivity index (χ3n) is 3.15. The van der Waals surface area contributed by atoms with Crippen molar-refractivity contribution in [1.29, 1.82) is 0 Å². The number of nitrogens with one attached hydrogen (secondary N) is 1. The molecule has 1 N–H and O–H groups in total. The Kier molecular flexibility index (Phi) is 4.28. The summed E-state index contributed by atoms with van der Waals surface area (Å²) in [6.45, 7) is 2.55. The van der Waals surface area contributed by atoms with Crippen molar-refractivity contribution < 1.29 is 18.1 Å². The molecule has 2 rings (SSSR count). The Morgan fingerprint density at radius 1 is 1.33 bits per heavy atom. The zero-order chi connectivity index (χ0) is 15.6. The zero-order valence-electron chi connectivity index (χ0n) is 11.2. The number of aromatic nitrogens is 1. The van der Waals surface area contributed by atoms with Crippen molar-refractivity contribution in [3.63, 3.8) is 0 Å². The van der Waals surface area contributed by atoms with Crippen molar-refractivity contribution in [1.82, 2.24) is 14.9 Å². The molecule has 21 heavy (non-hydrogen) atoms. The second-order valence-electron chi connectivity index (χ2n) is 4.74. The summed E-state index contributed by atoms with van der Waals surface area (Å²) in [6, 6.07) is 0.663. The molecule has 0 amide bonds. The molecule has 1 fully saturated rings. The number of nitrogens with zero attached hydrogens (tertiary/aromatic N) is 4. The number of alkyl halides is 3. The van der Waals surface area contributed by atoms with Gasteiger partial charge in [-0.15, -0.1) is 0 Å². The predicted octanol–water partition coefficient (Wildman–Crippen LogP) is 1.58. The monoisotopic (exact) mass is 305 g/mol. The number of piperazine rings is 1. The molecule has 7 nitrogen and oxygen atoms in total. The smallest absolute Gasteiger partial charge is 0.313 e. The molecule has 0 saturated carbocycles. The van der Waals surface area contributed by atoms with Crippen LogP contribution in [0.5, 0.6) is 0 Å². The van der Waals surface area contributed by atoms with Crippen LogP contribution in [-0.4, -0.2) is 53.0 Å². The van der Waals surface area contributed by atoms with E-state index in [0.717, 1.165) is 13.1 Å². The fraction of sp³-hybridized carbons (Fsp3) is 0.545. The summed E-state index contributed by atoms with van der Waals surface area (Å²) >= 11 is 0. The number of hydrogen-bond acceptors (Lipinski definition) is 6. The zero-order valence-corrected chi connectivity index (χ0v) is 11.2. The van der Waals surface area contributed by atoms with Crippen LogP contribution in [-0.2, 0) is 6.18 Å². The highest BCUT2D eigenvalue weighted by Crippen LogP contribution is 2.33. The standard InChI is InChI=1S/C11H14F3N5O2/c1-17-2-4-18(5-3-17)16-8-6-10(11(12,13)14)15-7-9(8)19(20)21/h6-7H,2-5H2,1H3,(H,15,16). The number of halogens is 3. The summed E-state index contributed by atoms with van der Waals surface area (Å²) in [5.74, 6) is 0. The predicted molar refractivity (Wildman–Crippen MR) is 68.6 cm³/mol. The van der Waals surface area contributed by atoms with Gasteiger partial charge in [-0.25, -0.2) is 9.99 Å². The topological polar surface area (TPSA) is 74.5 Å². The first kappa shape index (κ1) is 15.4. The van der Waals surface area contributed by atoms with Gasteiger partial charge in [0.1, 0.15) is 17.6 Å². The normalized spacial score (nSPS) is 17.7. The second-order valence-corrected chi connectivity index (χ2v) is 4.74. The molecule has 10 heteroatoms. The van der Waals surface area contributed by atoms with Gasteiger partial charge in [0.25, 0.3) is 0 Å². The van der Waals surface area contributed by atoms with E-state index in [1.54, 1.807) is 5.01 Å². The van der Waals surface area contributed by atoms with Crippen LogP contribution in [0.1, 0.15) is 5.69 Å². The maximum Gasteiger partial charge on any atom is 0.433 e. The number of likely N-dealkylation sites (N-methyl/N-ethyl adjacent to an activating group) is 1. The van der Waals surface area contributed by atoms with Gasteiger partial charge in [0.2, 0.25) is 0 Å². The lowest BCUT2D eigenvalue weighted by atomic mass is 10.3. The fourth-order valence-electron chi connectivity index (χ4n) is 1.93. The molecule has 0 aliphatic carbocycles. The molecule has 0 unspecified atom stereocenters. The first-order valence-electron chi connectivity index (χ1n) is 6.19. The van der Waals surface area contributed by atoms with Gasteiger partial charge in [-0.2, -0.15) is 13.2 Å². The number of nitro groups is 1. The van der Waals surface area contributed by atoms with Crippen LogP contribution in [0, 0.1) is 10.1 Å². The molecule has 1 aliphatic rings. The van der Waals surface area contributed by atoms with Crippen molar-refractivity contribution in [2.24, 2.45) is 0 Å². The van der Waals surface area contributed by atoms with Crippen molar-refractivity contribution in [3.8, 4) is 0 Å². The molecule has 0 atom stereocenters. The van der Waals surface area contributed by atoms with E-state index in [1.807, 2.05) is 7.05 Å². The summed E-state index contributed by atoms with van der Waals surface area (Å²) in [4.78, 5) is 15.3. The van der Waals surface area contributed by atoms with E-state index in [-0.39, 0.29) is 5.69 Å². The van der Waals surface area contributed by atoms with Crippen LogP contribution in [0.3, 0.4) is 0 Å². The largest absolute Gasteiger partial charge is 0.433 e. The van der Waals surface area contributed by atoms with Crippen molar-refractivity contribution >= 4 is 11.4 Å². The van der Waals surface area contributed by atoms with E-state index in [0.29, 0.717) is 25.4 Å².